The predicted molar refractivity (Wildman–Crippen MR) is 118 cm³/mol. The Morgan fingerprint density at radius 2 is 1.67 bits per heavy atom. The van der Waals surface area contributed by atoms with E-state index < -0.39 is 0 Å². The van der Waals surface area contributed by atoms with Crippen LogP contribution in [0.4, 0.5) is 0 Å². The summed E-state index contributed by atoms with van der Waals surface area (Å²) in [6, 6.07) is 25.7. The Labute approximate surface area is 180 Å². The first kappa shape index (κ1) is 18.6. The minimum absolute atomic E-state index is 0.0647. The number of fused-ring (bicyclic) bond motifs is 1. The molecule has 0 radical (unpaired) electrons. The standard InChI is InChI=1S/C25H20ClN3O/c1-16-11-13-18(14-12-16)24-21-22(17-7-3-2-4-8-17)27-28-23(21)25(30)29(24)15-19-9-5-6-10-20(19)26/h2-14,24H,15H2,1H3,(H,27,28). The van der Waals surface area contributed by atoms with Gasteiger partial charge < -0.3 is 4.90 Å². The number of rotatable bonds is 4. The third kappa shape index (κ3) is 3.10. The van der Waals surface area contributed by atoms with Gasteiger partial charge >= 0.3 is 0 Å². The lowest BCUT2D eigenvalue weighted by atomic mass is 9.95. The summed E-state index contributed by atoms with van der Waals surface area (Å²) < 4.78 is 0. The van der Waals surface area contributed by atoms with E-state index in [-0.39, 0.29) is 11.9 Å². The number of hydrogen-bond acceptors (Lipinski definition) is 2. The van der Waals surface area contributed by atoms with Gasteiger partial charge in [0.25, 0.3) is 5.91 Å². The number of carbonyl (C=O) groups excluding carboxylic acids is 1. The Morgan fingerprint density at radius 1 is 0.967 bits per heavy atom. The number of nitrogens with zero attached hydrogens (tertiary/aromatic N) is 2. The smallest absolute Gasteiger partial charge is 0.273 e. The normalized spacial score (nSPS) is 15.5. The van der Waals surface area contributed by atoms with Gasteiger partial charge in [0.05, 0.1) is 11.7 Å². The number of halogens is 1. The molecule has 0 saturated carbocycles. The Balaban J connectivity index is 1.66. The highest BCUT2D eigenvalue weighted by molar-refractivity contribution is 6.31. The Bertz CT molecular complexity index is 1210. The number of hydrogen-bond donors (Lipinski definition) is 1. The summed E-state index contributed by atoms with van der Waals surface area (Å²) in [6.45, 7) is 2.48. The minimum Gasteiger partial charge on any atom is -0.322 e. The summed E-state index contributed by atoms with van der Waals surface area (Å²) in [4.78, 5) is 15.3. The maximum Gasteiger partial charge on any atom is 0.273 e. The Morgan fingerprint density at radius 3 is 2.40 bits per heavy atom. The van der Waals surface area contributed by atoms with Crippen LogP contribution < -0.4 is 0 Å². The summed E-state index contributed by atoms with van der Waals surface area (Å²) in [5.41, 5.74) is 6.41. The van der Waals surface area contributed by atoms with Crippen molar-refractivity contribution in [2.45, 2.75) is 19.5 Å². The number of amides is 1. The molecule has 30 heavy (non-hydrogen) atoms. The van der Waals surface area contributed by atoms with Gasteiger partial charge in [0, 0.05) is 22.7 Å². The van der Waals surface area contributed by atoms with E-state index >= 15 is 0 Å². The summed E-state index contributed by atoms with van der Waals surface area (Å²) in [5, 5.41) is 8.17. The van der Waals surface area contributed by atoms with Crippen molar-refractivity contribution in [2.24, 2.45) is 0 Å². The van der Waals surface area contributed by atoms with Gasteiger partial charge in [0.1, 0.15) is 5.69 Å². The van der Waals surface area contributed by atoms with Crippen LogP contribution >= 0.6 is 11.6 Å². The van der Waals surface area contributed by atoms with Crippen LogP contribution in [0.25, 0.3) is 11.3 Å². The van der Waals surface area contributed by atoms with E-state index in [9.17, 15) is 4.79 Å². The average molecular weight is 414 g/mol. The second kappa shape index (κ2) is 7.47. The average Bonchev–Trinajstić information content (AvgIpc) is 3.31. The molecular weight excluding hydrogens is 394 g/mol. The molecule has 0 bridgehead atoms. The van der Waals surface area contributed by atoms with Crippen LogP contribution in [-0.2, 0) is 6.54 Å². The Kier molecular flexibility index (Phi) is 4.64. The van der Waals surface area contributed by atoms with Crippen molar-refractivity contribution in [2.75, 3.05) is 0 Å². The van der Waals surface area contributed by atoms with E-state index in [0.717, 1.165) is 27.9 Å². The van der Waals surface area contributed by atoms with Crippen LogP contribution in [0.2, 0.25) is 5.02 Å². The quantitative estimate of drug-likeness (QED) is 0.460. The molecule has 1 aliphatic heterocycles. The fourth-order valence-electron chi connectivity index (χ4n) is 4.08. The summed E-state index contributed by atoms with van der Waals surface area (Å²) in [6.07, 6.45) is 0. The van der Waals surface area contributed by atoms with E-state index in [2.05, 4.69) is 41.4 Å². The SMILES string of the molecule is Cc1ccc(C2c3c(-c4ccccc4)n[nH]c3C(=O)N2Cc2ccccc2Cl)cc1. The van der Waals surface area contributed by atoms with Crippen LogP contribution in [-0.4, -0.2) is 21.0 Å². The number of carbonyl (C=O) groups is 1. The maximum atomic E-state index is 13.4. The molecule has 1 aromatic heterocycles. The molecule has 1 amide bonds. The van der Waals surface area contributed by atoms with Crippen molar-refractivity contribution >= 4 is 17.5 Å². The van der Waals surface area contributed by atoms with Crippen LogP contribution in [0.1, 0.15) is 38.8 Å². The zero-order chi connectivity index (χ0) is 20.7. The molecular formula is C25H20ClN3O. The molecule has 148 valence electrons. The van der Waals surface area contributed by atoms with E-state index in [1.807, 2.05) is 59.5 Å². The number of aromatic nitrogens is 2. The van der Waals surface area contributed by atoms with Gasteiger partial charge in [0.2, 0.25) is 0 Å². The lowest BCUT2D eigenvalue weighted by molar-refractivity contribution is 0.0730. The minimum atomic E-state index is -0.238. The van der Waals surface area contributed by atoms with E-state index in [4.69, 9.17) is 11.6 Å². The van der Waals surface area contributed by atoms with Gasteiger partial charge in [-0.15, -0.1) is 0 Å². The molecule has 5 rings (SSSR count). The molecule has 1 unspecified atom stereocenters. The number of aromatic amines is 1. The lowest BCUT2D eigenvalue weighted by Crippen LogP contribution is -2.29. The highest BCUT2D eigenvalue weighted by Crippen LogP contribution is 2.43. The summed E-state index contributed by atoms with van der Waals surface area (Å²) in [7, 11) is 0. The zero-order valence-corrected chi connectivity index (χ0v) is 17.2. The van der Waals surface area contributed by atoms with Crippen molar-refractivity contribution in [3.63, 3.8) is 0 Å². The van der Waals surface area contributed by atoms with E-state index in [0.29, 0.717) is 17.3 Å². The third-order valence-electron chi connectivity index (χ3n) is 5.60. The molecule has 1 aliphatic rings. The summed E-state index contributed by atoms with van der Waals surface area (Å²) in [5.74, 6) is -0.0647. The van der Waals surface area contributed by atoms with Gasteiger partial charge in [0.15, 0.2) is 0 Å². The highest BCUT2D eigenvalue weighted by Gasteiger charge is 2.42. The van der Waals surface area contributed by atoms with Gasteiger partial charge in [-0.2, -0.15) is 5.10 Å². The number of nitrogens with one attached hydrogen (secondary N) is 1. The first-order valence-corrected chi connectivity index (χ1v) is 10.3. The summed E-state index contributed by atoms with van der Waals surface area (Å²) >= 11 is 6.42. The first-order valence-electron chi connectivity index (χ1n) is 9.88. The van der Waals surface area contributed by atoms with Gasteiger partial charge in [-0.1, -0.05) is 90.0 Å². The molecule has 4 aromatic rings. The molecule has 2 heterocycles. The van der Waals surface area contributed by atoms with Crippen LogP contribution in [0.3, 0.4) is 0 Å². The van der Waals surface area contributed by atoms with Crippen molar-refractivity contribution in [1.82, 2.24) is 15.1 Å². The fourth-order valence-corrected chi connectivity index (χ4v) is 4.28. The molecule has 3 aromatic carbocycles. The molecule has 0 fully saturated rings. The number of aryl methyl sites for hydroxylation is 1. The lowest BCUT2D eigenvalue weighted by Gasteiger charge is -2.27. The fraction of sp³-hybridized carbons (Fsp3) is 0.120. The van der Waals surface area contributed by atoms with Crippen LogP contribution in [0.15, 0.2) is 78.9 Å². The molecule has 1 atom stereocenters. The number of H-pyrrole nitrogens is 1. The monoisotopic (exact) mass is 413 g/mol. The third-order valence-corrected chi connectivity index (χ3v) is 5.97. The second-order valence-corrected chi connectivity index (χ2v) is 7.97. The van der Waals surface area contributed by atoms with Crippen molar-refractivity contribution in [1.29, 1.82) is 0 Å². The van der Waals surface area contributed by atoms with Gasteiger partial charge in [-0.25, -0.2) is 0 Å². The van der Waals surface area contributed by atoms with E-state index in [1.54, 1.807) is 0 Å². The van der Waals surface area contributed by atoms with E-state index in [1.165, 1.54) is 5.56 Å². The van der Waals surface area contributed by atoms with Gasteiger partial charge in [-0.05, 0) is 24.1 Å². The number of benzene rings is 3. The van der Waals surface area contributed by atoms with Crippen LogP contribution in [0, 0.1) is 6.92 Å². The van der Waals surface area contributed by atoms with Crippen molar-refractivity contribution < 1.29 is 4.79 Å². The van der Waals surface area contributed by atoms with Gasteiger partial charge in [-0.3, -0.25) is 9.89 Å². The Hall–Kier alpha value is -3.37. The molecule has 5 heteroatoms. The largest absolute Gasteiger partial charge is 0.322 e. The van der Waals surface area contributed by atoms with Crippen molar-refractivity contribution in [3.8, 4) is 11.3 Å². The van der Waals surface area contributed by atoms with Crippen LogP contribution in [0.5, 0.6) is 0 Å². The zero-order valence-electron chi connectivity index (χ0n) is 16.5. The second-order valence-electron chi connectivity index (χ2n) is 7.56. The maximum absolute atomic E-state index is 13.4. The first-order chi connectivity index (χ1) is 14.6. The predicted octanol–water partition coefficient (Wildman–Crippen LogP) is 5.78. The topological polar surface area (TPSA) is 49.0 Å². The molecule has 0 aliphatic carbocycles. The molecule has 4 nitrogen and oxygen atoms in total. The molecule has 0 spiro atoms. The van der Waals surface area contributed by atoms with Crippen molar-refractivity contribution in [3.05, 3.63) is 112 Å². The molecule has 0 saturated heterocycles. The highest BCUT2D eigenvalue weighted by atomic mass is 35.5. The molecule has 1 N–H and O–H groups in total.